The summed E-state index contributed by atoms with van der Waals surface area (Å²) in [5.41, 5.74) is 12.8. The maximum Gasteiger partial charge on any atom is 0.174 e. The third-order valence-electron chi connectivity index (χ3n) is 3.66. The molecule has 0 saturated carbocycles. The second-order valence-corrected chi connectivity index (χ2v) is 6.88. The summed E-state index contributed by atoms with van der Waals surface area (Å²) in [6.07, 6.45) is 2.32. The summed E-state index contributed by atoms with van der Waals surface area (Å²) >= 11 is 0. The lowest BCUT2D eigenvalue weighted by molar-refractivity contribution is 0.205. The van der Waals surface area contributed by atoms with Crippen LogP contribution in [0.4, 0.5) is 10.2 Å². The molecule has 5 nitrogen and oxygen atoms in total. The van der Waals surface area contributed by atoms with Gasteiger partial charge < -0.3 is 16.2 Å². The van der Waals surface area contributed by atoms with Crippen LogP contribution in [0.1, 0.15) is 32.9 Å². The molecule has 6 heteroatoms. The molecule has 4 N–H and O–H groups in total. The smallest absolute Gasteiger partial charge is 0.174 e. The van der Waals surface area contributed by atoms with E-state index >= 15 is 0 Å². The Balaban J connectivity index is 2.17. The van der Waals surface area contributed by atoms with Gasteiger partial charge >= 0.3 is 0 Å². The molecule has 2 aromatic heterocycles. The van der Waals surface area contributed by atoms with Gasteiger partial charge in [0.05, 0.1) is 11.4 Å². The zero-order chi connectivity index (χ0) is 17.9. The van der Waals surface area contributed by atoms with Gasteiger partial charge in [-0.25, -0.2) is 14.4 Å². The van der Waals surface area contributed by atoms with Crippen molar-refractivity contribution in [3.05, 3.63) is 35.9 Å². The maximum atomic E-state index is 14.1. The molecule has 0 spiro atoms. The topological polar surface area (TPSA) is 87.0 Å². The van der Waals surface area contributed by atoms with E-state index < -0.39 is 11.4 Å². The van der Waals surface area contributed by atoms with Crippen molar-refractivity contribution in [3.63, 3.8) is 0 Å². The molecule has 1 atom stereocenters. The third-order valence-corrected chi connectivity index (χ3v) is 3.66. The SMILES string of the molecule is Cc1nc(-c2ccnc(N)c2F)ccc1OC[C@@](C)(N)CC(C)C. The monoisotopic (exact) mass is 332 g/mol. The van der Waals surface area contributed by atoms with E-state index in [0.29, 0.717) is 35.2 Å². The lowest BCUT2D eigenvalue weighted by Gasteiger charge is -2.27. The van der Waals surface area contributed by atoms with Crippen LogP contribution in [-0.4, -0.2) is 22.1 Å². The molecule has 130 valence electrons. The van der Waals surface area contributed by atoms with Crippen LogP contribution in [0.2, 0.25) is 0 Å². The average molecular weight is 332 g/mol. The molecule has 0 aliphatic rings. The number of nitrogens with zero attached hydrogens (tertiary/aromatic N) is 2. The van der Waals surface area contributed by atoms with Crippen molar-refractivity contribution in [3.8, 4) is 17.0 Å². The number of hydrogen-bond donors (Lipinski definition) is 2. The van der Waals surface area contributed by atoms with Crippen LogP contribution in [0, 0.1) is 18.7 Å². The minimum Gasteiger partial charge on any atom is -0.490 e. The zero-order valence-electron chi connectivity index (χ0n) is 14.6. The van der Waals surface area contributed by atoms with Gasteiger partial charge in [0.1, 0.15) is 12.4 Å². The highest BCUT2D eigenvalue weighted by atomic mass is 19.1. The van der Waals surface area contributed by atoms with Crippen molar-refractivity contribution in [1.82, 2.24) is 9.97 Å². The Bertz CT molecular complexity index is 716. The average Bonchev–Trinajstić information content (AvgIpc) is 2.47. The fourth-order valence-electron chi connectivity index (χ4n) is 2.74. The number of nitrogens with two attached hydrogens (primary N) is 2. The largest absolute Gasteiger partial charge is 0.490 e. The number of nitrogen functional groups attached to an aromatic ring is 1. The highest BCUT2D eigenvalue weighted by Gasteiger charge is 2.21. The van der Waals surface area contributed by atoms with Gasteiger partial charge in [-0.1, -0.05) is 13.8 Å². The summed E-state index contributed by atoms with van der Waals surface area (Å²) in [7, 11) is 0. The first kappa shape index (κ1) is 18.1. The Hall–Kier alpha value is -2.21. The summed E-state index contributed by atoms with van der Waals surface area (Å²) in [6.45, 7) is 8.43. The number of aryl methyl sites for hydroxylation is 1. The second-order valence-electron chi connectivity index (χ2n) is 6.88. The van der Waals surface area contributed by atoms with Crippen molar-refractivity contribution in [2.75, 3.05) is 12.3 Å². The van der Waals surface area contributed by atoms with E-state index in [1.807, 2.05) is 13.8 Å². The Morgan fingerprint density at radius 2 is 2.00 bits per heavy atom. The van der Waals surface area contributed by atoms with E-state index in [1.54, 1.807) is 18.2 Å². The number of ether oxygens (including phenoxy) is 1. The Morgan fingerprint density at radius 1 is 1.29 bits per heavy atom. The molecule has 2 aromatic rings. The van der Waals surface area contributed by atoms with Crippen molar-refractivity contribution >= 4 is 5.82 Å². The number of halogens is 1. The predicted octanol–water partition coefficient (Wildman–Crippen LogP) is 3.32. The Kier molecular flexibility index (Phi) is 5.39. The molecule has 0 radical (unpaired) electrons. The van der Waals surface area contributed by atoms with Crippen molar-refractivity contribution in [2.24, 2.45) is 11.7 Å². The molecule has 2 rings (SSSR count). The molecular weight excluding hydrogens is 307 g/mol. The number of aromatic nitrogens is 2. The van der Waals surface area contributed by atoms with Crippen LogP contribution in [0.3, 0.4) is 0 Å². The van der Waals surface area contributed by atoms with E-state index in [-0.39, 0.29) is 5.82 Å². The van der Waals surface area contributed by atoms with Crippen molar-refractivity contribution in [1.29, 1.82) is 0 Å². The van der Waals surface area contributed by atoms with E-state index in [2.05, 4.69) is 23.8 Å². The molecule has 0 aromatic carbocycles. The van der Waals surface area contributed by atoms with E-state index in [1.165, 1.54) is 6.20 Å². The minimum atomic E-state index is -0.565. The first-order valence-corrected chi connectivity index (χ1v) is 7.99. The van der Waals surface area contributed by atoms with Crippen molar-refractivity contribution in [2.45, 2.75) is 39.7 Å². The van der Waals surface area contributed by atoms with E-state index in [9.17, 15) is 4.39 Å². The fourth-order valence-corrected chi connectivity index (χ4v) is 2.74. The maximum absolute atomic E-state index is 14.1. The molecule has 0 fully saturated rings. The number of pyridine rings is 2. The zero-order valence-corrected chi connectivity index (χ0v) is 14.6. The molecule has 2 heterocycles. The Labute approximate surface area is 142 Å². The predicted molar refractivity (Wildman–Crippen MR) is 94.1 cm³/mol. The first-order valence-electron chi connectivity index (χ1n) is 7.99. The fraction of sp³-hybridized carbons (Fsp3) is 0.444. The van der Waals surface area contributed by atoms with Gasteiger partial charge in [0.25, 0.3) is 0 Å². The standard InChI is InChI=1S/C18H25FN4O/c1-11(2)9-18(4,21)10-24-15-6-5-14(23-12(15)3)13-7-8-22-17(20)16(13)19/h5-8,11H,9-10,21H2,1-4H3,(H2,20,22)/t18-/m0/s1. The summed E-state index contributed by atoms with van der Waals surface area (Å²) in [5.74, 6) is 0.427. The van der Waals surface area contributed by atoms with Crippen LogP contribution in [0.15, 0.2) is 24.4 Å². The summed E-state index contributed by atoms with van der Waals surface area (Å²) in [4.78, 5) is 8.14. The molecule has 0 unspecified atom stereocenters. The first-order chi connectivity index (χ1) is 11.2. The lowest BCUT2D eigenvalue weighted by atomic mass is 9.93. The van der Waals surface area contributed by atoms with Gasteiger partial charge in [-0.05, 0) is 44.4 Å². The van der Waals surface area contributed by atoms with Crippen LogP contribution < -0.4 is 16.2 Å². The van der Waals surface area contributed by atoms with Crippen LogP contribution in [0.5, 0.6) is 5.75 Å². The molecule has 0 aliphatic heterocycles. The van der Waals surface area contributed by atoms with Crippen LogP contribution in [0.25, 0.3) is 11.3 Å². The van der Waals surface area contributed by atoms with Crippen molar-refractivity contribution < 1.29 is 9.13 Å². The van der Waals surface area contributed by atoms with Gasteiger partial charge in [0.15, 0.2) is 11.6 Å². The molecule has 0 amide bonds. The minimum absolute atomic E-state index is 0.139. The quantitative estimate of drug-likeness (QED) is 0.847. The number of rotatable bonds is 6. The van der Waals surface area contributed by atoms with Gasteiger partial charge in [0, 0.05) is 17.3 Å². The third kappa shape index (κ3) is 4.41. The summed E-state index contributed by atoms with van der Waals surface area (Å²) in [5, 5.41) is 0. The van der Waals surface area contributed by atoms with Crippen LogP contribution in [-0.2, 0) is 0 Å². The van der Waals surface area contributed by atoms with E-state index in [0.717, 1.165) is 6.42 Å². The van der Waals surface area contributed by atoms with Gasteiger partial charge in [-0.3, -0.25) is 0 Å². The summed E-state index contributed by atoms with van der Waals surface area (Å²) < 4.78 is 19.9. The normalized spacial score (nSPS) is 13.8. The molecule has 0 bridgehead atoms. The van der Waals surface area contributed by atoms with Crippen LogP contribution >= 0.6 is 0 Å². The number of hydrogen-bond acceptors (Lipinski definition) is 5. The highest BCUT2D eigenvalue weighted by Crippen LogP contribution is 2.27. The Morgan fingerprint density at radius 3 is 2.62 bits per heavy atom. The van der Waals surface area contributed by atoms with Gasteiger partial charge in [-0.15, -0.1) is 0 Å². The molecule has 0 saturated heterocycles. The van der Waals surface area contributed by atoms with E-state index in [4.69, 9.17) is 16.2 Å². The number of anilines is 1. The highest BCUT2D eigenvalue weighted by molar-refractivity contribution is 5.64. The molecule has 24 heavy (non-hydrogen) atoms. The molecular formula is C18H25FN4O. The second kappa shape index (κ2) is 7.13. The molecule has 0 aliphatic carbocycles. The summed E-state index contributed by atoms with van der Waals surface area (Å²) in [6, 6.07) is 5.03. The van der Waals surface area contributed by atoms with Gasteiger partial charge in [-0.2, -0.15) is 0 Å². The van der Waals surface area contributed by atoms with Gasteiger partial charge in [0.2, 0.25) is 0 Å². The lowest BCUT2D eigenvalue weighted by Crippen LogP contribution is -2.43.